The lowest BCUT2D eigenvalue weighted by atomic mass is 10.2. The third kappa shape index (κ3) is 5.67. The molecule has 1 amide bonds. The molecule has 4 aromatic rings. The van der Waals surface area contributed by atoms with Crippen molar-refractivity contribution < 1.29 is 9.18 Å². The van der Waals surface area contributed by atoms with Gasteiger partial charge in [0.25, 0.3) is 0 Å². The van der Waals surface area contributed by atoms with Crippen molar-refractivity contribution in [2.45, 2.75) is 20.3 Å². The predicted octanol–water partition coefficient (Wildman–Crippen LogP) is 4.04. The van der Waals surface area contributed by atoms with Crippen molar-refractivity contribution in [3.63, 3.8) is 0 Å². The van der Waals surface area contributed by atoms with Crippen molar-refractivity contribution in [1.29, 1.82) is 0 Å². The number of aryl methyl sites for hydroxylation is 2. The monoisotopic (exact) mass is 446 g/mol. The first-order valence-corrected chi connectivity index (χ1v) is 10.3. The van der Waals surface area contributed by atoms with Crippen LogP contribution < -0.4 is 15.5 Å². The molecular weight excluding hydrogens is 423 g/mol. The summed E-state index contributed by atoms with van der Waals surface area (Å²) in [7, 11) is 1.88. The molecule has 0 fully saturated rings. The van der Waals surface area contributed by atoms with Gasteiger partial charge >= 0.3 is 0 Å². The summed E-state index contributed by atoms with van der Waals surface area (Å²) in [6, 6.07) is 15.4. The Morgan fingerprint density at radius 2 is 1.85 bits per heavy atom. The molecule has 0 unspecified atom stereocenters. The van der Waals surface area contributed by atoms with Crippen LogP contribution in [0.15, 0.2) is 54.6 Å². The van der Waals surface area contributed by atoms with Gasteiger partial charge in [-0.15, -0.1) is 0 Å². The molecule has 0 aliphatic heterocycles. The quantitative estimate of drug-likeness (QED) is 0.393. The lowest BCUT2D eigenvalue weighted by Crippen LogP contribution is -2.15. The zero-order chi connectivity index (χ0) is 23.4. The van der Waals surface area contributed by atoms with Gasteiger partial charge in [-0.2, -0.15) is 20.1 Å². The van der Waals surface area contributed by atoms with Crippen LogP contribution in [0.5, 0.6) is 0 Å². The topological polar surface area (TPSA) is 112 Å². The van der Waals surface area contributed by atoms with Crippen LogP contribution >= 0.6 is 0 Å². The largest absolute Gasteiger partial charge is 0.326 e. The van der Waals surface area contributed by atoms with Crippen molar-refractivity contribution in [2.24, 2.45) is 0 Å². The molecule has 33 heavy (non-hydrogen) atoms. The average Bonchev–Trinajstić information content (AvgIpc) is 3.19. The van der Waals surface area contributed by atoms with Crippen LogP contribution in [0, 0.1) is 19.7 Å². The van der Waals surface area contributed by atoms with Gasteiger partial charge in [0.15, 0.2) is 5.82 Å². The van der Waals surface area contributed by atoms with Crippen molar-refractivity contribution in [3.8, 4) is 0 Å². The van der Waals surface area contributed by atoms with Crippen molar-refractivity contribution in [1.82, 2.24) is 25.1 Å². The molecule has 9 nitrogen and oxygen atoms in total. The highest BCUT2D eigenvalue weighted by Gasteiger charge is 2.13. The number of aromatic amines is 1. The number of amides is 1. The summed E-state index contributed by atoms with van der Waals surface area (Å²) in [5.74, 6) is 1.11. The highest BCUT2D eigenvalue weighted by atomic mass is 19.1. The first-order chi connectivity index (χ1) is 15.9. The summed E-state index contributed by atoms with van der Waals surface area (Å²) in [4.78, 5) is 27.3. The van der Waals surface area contributed by atoms with Gasteiger partial charge in [0.05, 0.1) is 6.42 Å². The second kappa shape index (κ2) is 9.43. The number of H-pyrrole nitrogens is 1. The van der Waals surface area contributed by atoms with E-state index in [1.807, 2.05) is 43.1 Å². The highest BCUT2D eigenvalue weighted by molar-refractivity contribution is 5.92. The molecule has 0 saturated carbocycles. The number of carbonyl (C=O) groups excluding carboxylic acids is 1. The molecule has 0 spiro atoms. The average molecular weight is 446 g/mol. The number of hydrogen-bond acceptors (Lipinski definition) is 7. The molecular formula is C23H23FN8O. The molecule has 0 atom stereocenters. The molecule has 0 aliphatic rings. The lowest BCUT2D eigenvalue weighted by molar-refractivity contribution is -0.115. The molecule has 2 aromatic carbocycles. The van der Waals surface area contributed by atoms with Crippen LogP contribution in [0.2, 0.25) is 0 Å². The summed E-state index contributed by atoms with van der Waals surface area (Å²) in [6.45, 7) is 3.81. The first kappa shape index (κ1) is 21.9. The van der Waals surface area contributed by atoms with E-state index in [-0.39, 0.29) is 12.3 Å². The van der Waals surface area contributed by atoms with E-state index in [0.29, 0.717) is 34.9 Å². The zero-order valence-electron chi connectivity index (χ0n) is 18.4. The van der Waals surface area contributed by atoms with Crippen molar-refractivity contribution >= 4 is 35.0 Å². The summed E-state index contributed by atoms with van der Waals surface area (Å²) in [6.07, 6.45) is 0.0445. The molecule has 4 rings (SSSR count). The number of nitrogens with zero attached hydrogens (tertiary/aromatic N) is 5. The summed E-state index contributed by atoms with van der Waals surface area (Å²) in [5, 5.41) is 12.7. The number of carbonyl (C=O) groups is 1. The molecule has 168 valence electrons. The molecule has 0 saturated heterocycles. The van der Waals surface area contributed by atoms with Crippen molar-refractivity contribution in [3.05, 3.63) is 77.5 Å². The van der Waals surface area contributed by atoms with E-state index in [4.69, 9.17) is 0 Å². The SMILES string of the molecule is Cc1ccc(N(C)c2nc(C)nc(Nc3cc(CC(=O)Nc4cccc(F)c4)[nH]n3)n2)cc1. The first-order valence-electron chi connectivity index (χ1n) is 10.3. The van der Waals surface area contributed by atoms with E-state index in [0.717, 1.165) is 5.69 Å². The molecule has 0 radical (unpaired) electrons. The van der Waals surface area contributed by atoms with Gasteiger partial charge in [0.2, 0.25) is 17.8 Å². The molecule has 0 bridgehead atoms. The number of rotatable bonds is 7. The summed E-state index contributed by atoms with van der Waals surface area (Å²) in [5.41, 5.74) is 3.08. The third-order valence-electron chi connectivity index (χ3n) is 4.79. The molecule has 2 heterocycles. The number of benzene rings is 2. The Morgan fingerprint density at radius 1 is 1.06 bits per heavy atom. The fourth-order valence-electron chi connectivity index (χ4n) is 3.13. The van der Waals surface area contributed by atoms with E-state index >= 15 is 0 Å². The third-order valence-corrected chi connectivity index (χ3v) is 4.79. The molecule has 0 aliphatic carbocycles. The predicted molar refractivity (Wildman–Crippen MR) is 124 cm³/mol. The van der Waals surface area contributed by atoms with Gasteiger partial charge in [-0.25, -0.2) is 4.39 Å². The van der Waals surface area contributed by atoms with Crippen LogP contribution in [0.3, 0.4) is 0 Å². The maximum atomic E-state index is 13.3. The Kier molecular flexibility index (Phi) is 6.25. The van der Waals surface area contributed by atoms with Gasteiger partial charge in [-0.05, 0) is 44.2 Å². The minimum absolute atomic E-state index is 0.0445. The van der Waals surface area contributed by atoms with Crippen LogP contribution in [-0.2, 0) is 11.2 Å². The van der Waals surface area contributed by atoms with E-state index in [2.05, 4.69) is 35.8 Å². The maximum Gasteiger partial charge on any atom is 0.234 e. The summed E-state index contributed by atoms with van der Waals surface area (Å²) >= 11 is 0. The van der Waals surface area contributed by atoms with E-state index in [1.165, 1.54) is 23.8 Å². The van der Waals surface area contributed by atoms with Crippen molar-refractivity contribution in [2.75, 3.05) is 22.6 Å². The van der Waals surface area contributed by atoms with Crippen LogP contribution in [-0.4, -0.2) is 38.1 Å². The van der Waals surface area contributed by atoms with Gasteiger partial charge in [-0.3, -0.25) is 9.89 Å². The lowest BCUT2D eigenvalue weighted by Gasteiger charge is -2.18. The van der Waals surface area contributed by atoms with Gasteiger partial charge in [-0.1, -0.05) is 23.8 Å². The Balaban J connectivity index is 1.43. The van der Waals surface area contributed by atoms with Gasteiger partial charge < -0.3 is 15.5 Å². The second-order valence-electron chi connectivity index (χ2n) is 7.54. The number of nitrogens with one attached hydrogen (secondary N) is 3. The molecule has 3 N–H and O–H groups in total. The Labute approximate surface area is 190 Å². The fourth-order valence-corrected chi connectivity index (χ4v) is 3.13. The highest BCUT2D eigenvalue weighted by Crippen LogP contribution is 2.22. The number of hydrogen-bond donors (Lipinski definition) is 3. The normalized spacial score (nSPS) is 10.7. The van der Waals surface area contributed by atoms with E-state index in [9.17, 15) is 9.18 Å². The van der Waals surface area contributed by atoms with E-state index < -0.39 is 5.82 Å². The smallest absolute Gasteiger partial charge is 0.234 e. The minimum atomic E-state index is -0.416. The number of anilines is 5. The van der Waals surface area contributed by atoms with Gasteiger partial charge in [0.1, 0.15) is 11.6 Å². The summed E-state index contributed by atoms with van der Waals surface area (Å²) < 4.78 is 13.3. The molecule has 10 heteroatoms. The van der Waals surface area contributed by atoms with Crippen LogP contribution in [0.1, 0.15) is 17.1 Å². The Hall–Kier alpha value is -4.34. The molecule has 2 aromatic heterocycles. The Bertz CT molecular complexity index is 1270. The number of aromatic nitrogens is 5. The fraction of sp³-hybridized carbons (Fsp3) is 0.174. The second-order valence-corrected chi connectivity index (χ2v) is 7.54. The van der Waals surface area contributed by atoms with Gasteiger partial charge in [0, 0.05) is 30.2 Å². The minimum Gasteiger partial charge on any atom is -0.326 e. The van der Waals surface area contributed by atoms with Crippen LogP contribution in [0.4, 0.5) is 33.5 Å². The van der Waals surface area contributed by atoms with Crippen LogP contribution in [0.25, 0.3) is 0 Å². The Morgan fingerprint density at radius 3 is 2.61 bits per heavy atom. The maximum absolute atomic E-state index is 13.3. The van der Waals surface area contributed by atoms with E-state index in [1.54, 1.807) is 19.1 Å². The standard InChI is InChI=1S/C23H23FN8O/c1-14-7-9-19(10-8-14)32(3)23-26-15(2)25-22(29-23)28-20-12-18(30-31-20)13-21(33)27-17-6-4-5-16(24)11-17/h4-12H,13H2,1-3H3,(H,27,33)(H2,25,26,28,29,30,31). The zero-order valence-corrected chi connectivity index (χ0v) is 18.4. The number of halogens is 1.